The van der Waals surface area contributed by atoms with Crippen molar-refractivity contribution in [3.05, 3.63) is 29.6 Å². The maximum absolute atomic E-state index is 13.3. The van der Waals surface area contributed by atoms with Gasteiger partial charge in [-0.1, -0.05) is 6.07 Å². The molecule has 0 amide bonds. The molecule has 118 valence electrons. The van der Waals surface area contributed by atoms with Crippen molar-refractivity contribution >= 4 is 10.0 Å². The minimum absolute atomic E-state index is 0.00308. The fraction of sp³-hybridized carbons (Fsp3) is 0.571. The number of morpholine rings is 1. The van der Waals surface area contributed by atoms with E-state index in [0.29, 0.717) is 18.8 Å². The average molecular weight is 316 g/mol. The first-order chi connectivity index (χ1) is 9.90. The molecule has 0 spiro atoms. The second-order valence-corrected chi connectivity index (χ2v) is 6.99. The second-order valence-electron chi connectivity index (χ2n) is 5.26. The zero-order valence-electron chi connectivity index (χ0n) is 12.3. The minimum atomic E-state index is -3.70. The Morgan fingerprint density at radius 2 is 2.05 bits per heavy atom. The molecule has 1 aromatic carbocycles. The molecule has 1 heterocycles. The van der Waals surface area contributed by atoms with E-state index >= 15 is 0 Å². The number of hydrogen-bond donors (Lipinski definition) is 1. The van der Waals surface area contributed by atoms with Crippen molar-refractivity contribution in [3.8, 4) is 0 Å². The van der Waals surface area contributed by atoms with Crippen LogP contribution in [0.15, 0.2) is 23.1 Å². The summed E-state index contributed by atoms with van der Waals surface area (Å²) in [6.07, 6.45) is 0. The molecule has 2 rings (SSSR count). The summed E-state index contributed by atoms with van der Waals surface area (Å²) < 4.78 is 45.6. The predicted octanol–water partition coefficient (Wildman–Crippen LogP) is 1.13. The molecule has 21 heavy (non-hydrogen) atoms. The van der Waals surface area contributed by atoms with Gasteiger partial charge in [-0.2, -0.15) is 0 Å². The molecule has 1 N–H and O–H groups in total. The highest BCUT2D eigenvalue weighted by atomic mass is 32.2. The van der Waals surface area contributed by atoms with Gasteiger partial charge in [-0.15, -0.1) is 0 Å². The number of halogens is 1. The fourth-order valence-corrected chi connectivity index (χ4v) is 3.69. The van der Waals surface area contributed by atoms with Crippen LogP contribution in [-0.2, 0) is 14.8 Å². The molecule has 1 aromatic rings. The Bertz CT molecular complexity index is 586. The van der Waals surface area contributed by atoms with E-state index in [-0.39, 0.29) is 17.5 Å². The molecule has 1 aliphatic heterocycles. The predicted molar refractivity (Wildman–Crippen MR) is 78.2 cm³/mol. The number of nitrogens with one attached hydrogen (secondary N) is 1. The van der Waals surface area contributed by atoms with Crippen molar-refractivity contribution in [3.63, 3.8) is 0 Å². The SMILES string of the molecule is Cc1ccc(F)cc1S(=O)(=O)NCC(C)N1CCOCC1. The topological polar surface area (TPSA) is 58.6 Å². The summed E-state index contributed by atoms with van der Waals surface area (Å²) in [7, 11) is -3.70. The van der Waals surface area contributed by atoms with Gasteiger partial charge < -0.3 is 4.74 Å². The van der Waals surface area contributed by atoms with Gasteiger partial charge in [0.05, 0.1) is 18.1 Å². The third-order valence-corrected chi connectivity index (χ3v) is 5.24. The molecule has 1 unspecified atom stereocenters. The molecule has 0 saturated carbocycles. The Morgan fingerprint density at radius 1 is 1.38 bits per heavy atom. The maximum atomic E-state index is 13.3. The van der Waals surface area contributed by atoms with Gasteiger partial charge in [0.1, 0.15) is 5.82 Å². The lowest BCUT2D eigenvalue weighted by molar-refractivity contribution is 0.0213. The lowest BCUT2D eigenvalue weighted by atomic mass is 10.2. The Morgan fingerprint density at radius 3 is 2.71 bits per heavy atom. The quantitative estimate of drug-likeness (QED) is 0.885. The van der Waals surface area contributed by atoms with Crippen LogP contribution in [-0.4, -0.2) is 52.2 Å². The molecule has 0 aliphatic carbocycles. The van der Waals surface area contributed by atoms with Crippen LogP contribution in [0.25, 0.3) is 0 Å². The number of aryl methyl sites for hydroxylation is 1. The van der Waals surface area contributed by atoms with E-state index in [4.69, 9.17) is 4.74 Å². The number of sulfonamides is 1. The molecule has 0 radical (unpaired) electrons. The fourth-order valence-electron chi connectivity index (χ4n) is 2.32. The van der Waals surface area contributed by atoms with Gasteiger partial charge in [-0.25, -0.2) is 17.5 Å². The molecular formula is C14H21FN2O3S. The number of nitrogens with zero attached hydrogens (tertiary/aromatic N) is 1. The van der Waals surface area contributed by atoms with E-state index < -0.39 is 15.8 Å². The normalized spacial score (nSPS) is 18.6. The van der Waals surface area contributed by atoms with Crippen LogP contribution >= 0.6 is 0 Å². The summed E-state index contributed by atoms with van der Waals surface area (Å²) in [6, 6.07) is 3.84. The molecule has 7 heteroatoms. The van der Waals surface area contributed by atoms with Crippen LogP contribution in [0.4, 0.5) is 4.39 Å². The van der Waals surface area contributed by atoms with E-state index in [9.17, 15) is 12.8 Å². The van der Waals surface area contributed by atoms with Gasteiger partial charge >= 0.3 is 0 Å². The average Bonchev–Trinajstić information content (AvgIpc) is 2.48. The summed E-state index contributed by atoms with van der Waals surface area (Å²) in [6.45, 7) is 6.83. The van der Waals surface area contributed by atoms with Gasteiger partial charge in [-0.3, -0.25) is 4.90 Å². The van der Waals surface area contributed by atoms with Crippen LogP contribution in [0.1, 0.15) is 12.5 Å². The summed E-state index contributed by atoms with van der Waals surface area (Å²) in [5.41, 5.74) is 0.530. The van der Waals surface area contributed by atoms with E-state index in [1.165, 1.54) is 12.1 Å². The summed E-state index contributed by atoms with van der Waals surface area (Å²) in [4.78, 5) is 2.17. The summed E-state index contributed by atoms with van der Waals surface area (Å²) in [5.74, 6) is -0.554. The Labute approximate surface area is 125 Å². The Hall–Kier alpha value is -1.02. The van der Waals surface area contributed by atoms with E-state index in [1.807, 2.05) is 6.92 Å². The van der Waals surface area contributed by atoms with E-state index in [1.54, 1.807) is 6.92 Å². The molecule has 1 saturated heterocycles. The Kier molecular flexibility index (Phi) is 5.32. The van der Waals surface area contributed by atoms with Gasteiger partial charge in [0.15, 0.2) is 0 Å². The summed E-state index contributed by atoms with van der Waals surface area (Å²) >= 11 is 0. The van der Waals surface area contributed by atoms with Crippen molar-refractivity contribution in [1.29, 1.82) is 0 Å². The van der Waals surface area contributed by atoms with Crippen molar-refractivity contribution in [2.45, 2.75) is 24.8 Å². The van der Waals surface area contributed by atoms with Crippen LogP contribution in [0.3, 0.4) is 0 Å². The molecule has 5 nitrogen and oxygen atoms in total. The van der Waals surface area contributed by atoms with Crippen LogP contribution in [0, 0.1) is 12.7 Å². The third-order valence-electron chi connectivity index (χ3n) is 3.68. The van der Waals surface area contributed by atoms with Crippen molar-refractivity contribution in [2.75, 3.05) is 32.8 Å². The molecular weight excluding hydrogens is 295 g/mol. The first-order valence-electron chi connectivity index (χ1n) is 6.98. The monoisotopic (exact) mass is 316 g/mol. The van der Waals surface area contributed by atoms with Crippen molar-refractivity contribution in [1.82, 2.24) is 9.62 Å². The van der Waals surface area contributed by atoms with Gasteiger partial charge in [0, 0.05) is 25.7 Å². The van der Waals surface area contributed by atoms with E-state index in [2.05, 4.69) is 9.62 Å². The lowest BCUT2D eigenvalue weighted by Crippen LogP contribution is -2.47. The first-order valence-corrected chi connectivity index (χ1v) is 8.46. The van der Waals surface area contributed by atoms with Crippen molar-refractivity contribution in [2.24, 2.45) is 0 Å². The largest absolute Gasteiger partial charge is 0.379 e. The van der Waals surface area contributed by atoms with Crippen molar-refractivity contribution < 1.29 is 17.5 Å². The molecule has 0 bridgehead atoms. The number of ether oxygens (including phenoxy) is 1. The smallest absolute Gasteiger partial charge is 0.240 e. The highest BCUT2D eigenvalue weighted by Gasteiger charge is 2.21. The van der Waals surface area contributed by atoms with Crippen LogP contribution in [0.5, 0.6) is 0 Å². The third kappa shape index (κ3) is 4.23. The Balaban J connectivity index is 2.02. The lowest BCUT2D eigenvalue weighted by Gasteiger charge is -2.32. The molecule has 0 aromatic heterocycles. The van der Waals surface area contributed by atoms with Crippen LogP contribution in [0.2, 0.25) is 0 Å². The zero-order chi connectivity index (χ0) is 15.5. The molecule has 1 aliphatic rings. The highest BCUT2D eigenvalue weighted by Crippen LogP contribution is 2.16. The number of rotatable bonds is 5. The molecule has 1 atom stereocenters. The first kappa shape index (κ1) is 16.4. The standard InChI is InChI=1S/C14H21FN2O3S/c1-11-3-4-13(15)9-14(11)21(18,19)16-10-12(2)17-5-7-20-8-6-17/h3-4,9,12,16H,5-8,10H2,1-2H3. The van der Waals surface area contributed by atoms with Gasteiger partial charge in [-0.05, 0) is 31.5 Å². The number of benzene rings is 1. The van der Waals surface area contributed by atoms with Gasteiger partial charge in [0.2, 0.25) is 10.0 Å². The highest BCUT2D eigenvalue weighted by molar-refractivity contribution is 7.89. The minimum Gasteiger partial charge on any atom is -0.379 e. The van der Waals surface area contributed by atoms with Gasteiger partial charge in [0.25, 0.3) is 0 Å². The molecule has 1 fully saturated rings. The summed E-state index contributed by atoms with van der Waals surface area (Å²) in [5, 5.41) is 0. The van der Waals surface area contributed by atoms with E-state index in [0.717, 1.165) is 19.2 Å². The maximum Gasteiger partial charge on any atom is 0.240 e. The van der Waals surface area contributed by atoms with Crippen LogP contribution < -0.4 is 4.72 Å². The second kappa shape index (κ2) is 6.83. The number of hydrogen-bond acceptors (Lipinski definition) is 4. The zero-order valence-corrected chi connectivity index (χ0v) is 13.1.